The van der Waals surface area contributed by atoms with Crippen LogP contribution in [0.15, 0.2) is 53.6 Å². The molecule has 35 heavy (non-hydrogen) atoms. The van der Waals surface area contributed by atoms with E-state index in [0.717, 1.165) is 4.68 Å². The third-order valence-electron chi connectivity index (χ3n) is 5.59. The van der Waals surface area contributed by atoms with E-state index >= 15 is 4.39 Å². The number of amidine groups is 1. The highest BCUT2D eigenvalue weighted by Gasteiger charge is 2.31. The van der Waals surface area contributed by atoms with Crippen molar-refractivity contribution in [2.24, 2.45) is 5.73 Å². The van der Waals surface area contributed by atoms with Crippen LogP contribution in [-0.4, -0.2) is 44.3 Å². The summed E-state index contributed by atoms with van der Waals surface area (Å²) in [5.41, 5.74) is 6.69. The fraction of sp³-hybridized carbons (Fsp3) is 0.174. The number of halogens is 1. The third-order valence-corrected chi connectivity index (χ3v) is 5.59. The van der Waals surface area contributed by atoms with Gasteiger partial charge in [0.2, 0.25) is 0 Å². The third kappa shape index (κ3) is 4.05. The van der Waals surface area contributed by atoms with E-state index in [1.807, 2.05) is 0 Å². The minimum atomic E-state index is -0.921. The van der Waals surface area contributed by atoms with Crippen LogP contribution in [0.2, 0.25) is 0 Å². The van der Waals surface area contributed by atoms with Crippen molar-refractivity contribution in [1.82, 2.24) is 24.7 Å². The summed E-state index contributed by atoms with van der Waals surface area (Å²) in [4.78, 5) is 23.5. The van der Waals surface area contributed by atoms with Crippen molar-refractivity contribution in [3.63, 3.8) is 0 Å². The van der Waals surface area contributed by atoms with Gasteiger partial charge in [-0.05, 0) is 36.4 Å². The van der Waals surface area contributed by atoms with Crippen LogP contribution in [0.3, 0.4) is 0 Å². The molecule has 2 aromatic carbocycles. The Kier molecular flexibility index (Phi) is 5.61. The number of rotatable bonds is 7. The Hall–Kier alpha value is -4.74. The Morgan fingerprint density at radius 3 is 2.74 bits per heavy atom. The molecule has 5 rings (SSSR count). The summed E-state index contributed by atoms with van der Waals surface area (Å²) in [6, 6.07) is 8.94. The van der Waals surface area contributed by atoms with Crippen molar-refractivity contribution in [3.05, 3.63) is 87.6 Å². The molecule has 1 atom stereocenters. The number of nitrogens with two attached hydrogens (primary N) is 1. The molecule has 0 aliphatic carbocycles. The highest BCUT2D eigenvalue weighted by molar-refractivity contribution is 5.95. The predicted molar refractivity (Wildman–Crippen MR) is 125 cm³/mol. The molecule has 12 heteroatoms. The van der Waals surface area contributed by atoms with Gasteiger partial charge in [0.05, 0.1) is 13.7 Å². The molecular formula is C23H21FN8O3. The van der Waals surface area contributed by atoms with Crippen LogP contribution in [0.25, 0.3) is 5.95 Å². The molecule has 0 amide bonds. The second-order valence-corrected chi connectivity index (χ2v) is 7.73. The summed E-state index contributed by atoms with van der Waals surface area (Å²) < 4.78 is 27.8. The van der Waals surface area contributed by atoms with Crippen molar-refractivity contribution in [2.75, 3.05) is 19.0 Å². The standard InChI is InChI=1S/C23H21FN8O3/c1-34-16-11-15(17(24)14-7-10-35-19(14)16)18(29-13-5-3-12(4-6-13)20(25)26)21-30-23(33)32(31-21)22-27-8-2-9-28-22/h2-6,8-9,11,18,29H,7,10H2,1H3,(H3,25,26)(H,30,31,33)/t18-/m0/s1. The number of H-pyrrole nitrogens is 1. The van der Waals surface area contributed by atoms with E-state index in [2.05, 4.69) is 25.4 Å². The van der Waals surface area contributed by atoms with Crippen LogP contribution in [0.1, 0.15) is 28.6 Å². The molecule has 11 nitrogen and oxygen atoms in total. The zero-order valence-corrected chi connectivity index (χ0v) is 18.6. The Balaban J connectivity index is 1.64. The topological polar surface area (TPSA) is 157 Å². The highest BCUT2D eigenvalue weighted by atomic mass is 19.1. The number of anilines is 1. The van der Waals surface area contributed by atoms with Gasteiger partial charge in [-0.25, -0.2) is 19.2 Å². The van der Waals surface area contributed by atoms with Crippen LogP contribution in [0, 0.1) is 11.2 Å². The normalized spacial score (nSPS) is 13.1. The number of aromatic nitrogens is 5. The molecule has 5 N–H and O–H groups in total. The Morgan fingerprint density at radius 1 is 1.31 bits per heavy atom. The van der Waals surface area contributed by atoms with Gasteiger partial charge in [-0.1, -0.05) is 0 Å². The number of benzene rings is 2. The first-order valence-corrected chi connectivity index (χ1v) is 10.7. The van der Waals surface area contributed by atoms with Crippen LogP contribution >= 0.6 is 0 Å². The maximum absolute atomic E-state index is 15.8. The highest BCUT2D eigenvalue weighted by Crippen LogP contribution is 2.42. The number of nitrogen functional groups attached to an aromatic ring is 1. The van der Waals surface area contributed by atoms with Gasteiger partial charge in [0.15, 0.2) is 17.3 Å². The molecule has 4 aromatic rings. The molecule has 1 aliphatic heterocycles. The first-order valence-electron chi connectivity index (χ1n) is 10.7. The van der Waals surface area contributed by atoms with Gasteiger partial charge in [0.1, 0.15) is 17.7 Å². The van der Waals surface area contributed by atoms with E-state index in [-0.39, 0.29) is 23.2 Å². The average molecular weight is 476 g/mol. The monoisotopic (exact) mass is 476 g/mol. The number of hydrogen-bond acceptors (Lipinski definition) is 8. The molecule has 0 radical (unpaired) electrons. The van der Waals surface area contributed by atoms with Gasteiger partial charge in [0, 0.05) is 41.2 Å². The molecule has 0 fully saturated rings. The minimum absolute atomic E-state index is 0.0740. The number of methoxy groups -OCH3 is 1. The first kappa shape index (κ1) is 22.1. The Morgan fingerprint density at radius 2 is 2.06 bits per heavy atom. The number of ether oxygens (including phenoxy) is 2. The number of nitrogens with zero attached hydrogens (tertiary/aromatic N) is 4. The number of aromatic amines is 1. The summed E-state index contributed by atoms with van der Waals surface area (Å²) in [5, 5.41) is 15.2. The molecule has 178 valence electrons. The largest absolute Gasteiger partial charge is 0.493 e. The smallest absolute Gasteiger partial charge is 0.350 e. The van der Waals surface area contributed by atoms with E-state index < -0.39 is 17.5 Å². The van der Waals surface area contributed by atoms with Crippen molar-refractivity contribution < 1.29 is 13.9 Å². The lowest BCUT2D eigenvalue weighted by molar-refractivity contribution is 0.325. The molecule has 0 bridgehead atoms. The lowest BCUT2D eigenvalue weighted by Gasteiger charge is -2.21. The molecule has 0 spiro atoms. The summed E-state index contributed by atoms with van der Waals surface area (Å²) in [5.74, 6) is 0.398. The van der Waals surface area contributed by atoms with Gasteiger partial charge in [-0.3, -0.25) is 10.4 Å². The lowest BCUT2D eigenvalue weighted by Crippen LogP contribution is -2.18. The maximum Gasteiger partial charge on any atom is 0.350 e. The van der Waals surface area contributed by atoms with Gasteiger partial charge in [0.25, 0.3) is 5.95 Å². The fourth-order valence-corrected chi connectivity index (χ4v) is 3.90. The van der Waals surface area contributed by atoms with Crippen molar-refractivity contribution in [3.8, 4) is 17.4 Å². The van der Waals surface area contributed by atoms with E-state index in [9.17, 15) is 4.79 Å². The second kappa shape index (κ2) is 8.89. The summed E-state index contributed by atoms with van der Waals surface area (Å²) >= 11 is 0. The molecule has 0 unspecified atom stereocenters. The zero-order chi connectivity index (χ0) is 24.5. The zero-order valence-electron chi connectivity index (χ0n) is 18.6. The SMILES string of the molecule is COc1cc([C@H](Nc2ccc(C(=N)N)cc2)c2nn(-c3ncccn3)c(=O)[nH]2)c(F)c2c1OCC2. The summed E-state index contributed by atoms with van der Waals surface area (Å²) in [6.07, 6.45) is 3.36. The predicted octanol–water partition coefficient (Wildman–Crippen LogP) is 1.92. The van der Waals surface area contributed by atoms with Gasteiger partial charge in [-0.2, -0.15) is 0 Å². The number of fused-ring (bicyclic) bond motifs is 1. The summed E-state index contributed by atoms with van der Waals surface area (Å²) in [7, 11) is 1.48. The number of hydrogen-bond donors (Lipinski definition) is 4. The van der Waals surface area contributed by atoms with Crippen molar-refractivity contribution >= 4 is 11.5 Å². The van der Waals surface area contributed by atoms with Crippen LogP contribution in [0.4, 0.5) is 10.1 Å². The van der Waals surface area contributed by atoms with E-state index in [4.69, 9.17) is 20.6 Å². The molecule has 1 aliphatic rings. The average Bonchev–Trinajstić information content (AvgIpc) is 3.51. The van der Waals surface area contributed by atoms with Gasteiger partial charge < -0.3 is 20.5 Å². The molecule has 0 saturated heterocycles. The molecule has 3 heterocycles. The molecular weight excluding hydrogens is 455 g/mol. The molecule has 2 aromatic heterocycles. The van der Waals surface area contributed by atoms with E-state index in [0.29, 0.717) is 41.3 Å². The van der Waals surface area contributed by atoms with Gasteiger partial charge >= 0.3 is 5.69 Å². The van der Waals surface area contributed by atoms with Crippen LogP contribution < -0.4 is 26.2 Å². The van der Waals surface area contributed by atoms with E-state index in [1.54, 1.807) is 30.3 Å². The van der Waals surface area contributed by atoms with Crippen molar-refractivity contribution in [1.29, 1.82) is 5.41 Å². The molecule has 0 saturated carbocycles. The van der Waals surface area contributed by atoms with Gasteiger partial charge in [-0.15, -0.1) is 9.78 Å². The Bertz CT molecular complexity index is 1450. The second-order valence-electron chi connectivity index (χ2n) is 7.73. The quantitative estimate of drug-likeness (QED) is 0.233. The maximum atomic E-state index is 15.8. The Labute approximate surface area is 198 Å². The van der Waals surface area contributed by atoms with Crippen molar-refractivity contribution in [2.45, 2.75) is 12.5 Å². The number of nitrogens with one attached hydrogen (secondary N) is 3. The summed E-state index contributed by atoms with van der Waals surface area (Å²) in [6.45, 7) is 0.341. The van der Waals surface area contributed by atoms with E-state index in [1.165, 1.54) is 25.6 Å². The fourth-order valence-electron chi connectivity index (χ4n) is 3.90. The van der Waals surface area contributed by atoms with Crippen LogP contribution in [-0.2, 0) is 6.42 Å². The lowest BCUT2D eigenvalue weighted by atomic mass is 9.99. The minimum Gasteiger partial charge on any atom is -0.493 e. The first-order chi connectivity index (χ1) is 17.0. The van der Waals surface area contributed by atoms with Crippen LogP contribution in [0.5, 0.6) is 11.5 Å².